The Labute approximate surface area is 133 Å². The van der Waals surface area contributed by atoms with Crippen molar-refractivity contribution in [2.24, 2.45) is 0 Å². The zero-order chi connectivity index (χ0) is 15.4. The molecule has 4 nitrogen and oxygen atoms in total. The highest BCUT2D eigenvalue weighted by Gasteiger charge is 2.15. The number of para-hydroxylation sites is 1. The lowest BCUT2D eigenvalue weighted by Crippen LogP contribution is -2.02. The van der Waals surface area contributed by atoms with Gasteiger partial charge < -0.3 is 9.84 Å². The molecule has 0 fully saturated rings. The largest absolute Gasteiger partial charge is 0.457 e. The fourth-order valence-electron chi connectivity index (χ4n) is 2.03. The van der Waals surface area contributed by atoms with E-state index >= 15 is 0 Å². The summed E-state index contributed by atoms with van der Waals surface area (Å²) in [7, 11) is 0. The first kappa shape index (κ1) is 14.5. The van der Waals surface area contributed by atoms with Gasteiger partial charge in [0.2, 0.25) is 0 Å². The van der Waals surface area contributed by atoms with Gasteiger partial charge in [0.1, 0.15) is 29.1 Å². The second kappa shape index (κ2) is 6.56. The Kier molecular flexibility index (Phi) is 4.32. The number of aliphatic hydroxyl groups excluding tert-OH is 1. The van der Waals surface area contributed by atoms with Crippen molar-refractivity contribution in [1.29, 1.82) is 0 Å². The molecule has 1 unspecified atom stereocenters. The second-order valence-electron chi connectivity index (χ2n) is 4.66. The van der Waals surface area contributed by atoms with Gasteiger partial charge in [0.05, 0.1) is 0 Å². The van der Waals surface area contributed by atoms with Crippen molar-refractivity contribution in [3.63, 3.8) is 0 Å². The van der Waals surface area contributed by atoms with Crippen molar-refractivity contribution in [1.82, 2.24) is 9.97 Å². The molecule has 0 spiro atoms. The average Bonchev–Trinajstić information content (AvgIpc) is 2.56. The van der Waals surface area contributed by atoms with Crippen LogP contribution in [0.1, 0.15) is 17.2 Å². The maximum Gasteiger partial charge on any atom is 0.138 e. The molecular formula is C17H13ClN2O2. The molecule has 5 heteroatoms. The van der Waals surface area contributed by atoms with E-state index in [0.29, 0.717) is 16.9 Å². The molecule has 1 N–H and O–H groups in total. The molecule has 0 aliphatic carbocycles. The van der Waals surface area contributed by atoms with Gasteiger partial charge in [0, 0.05) is 11.8 Å². The van der Waals surface area contributed by atoms with Crippen LogP contribution in [0.4, 0.5) is 0 Å². The van der Waals surface area contributed by atoms with Crippen molar-refractivity contribution in [3.05, 3.63) is 83.4 Å². The number of benzene rings is 2. The Morgan fingerprint density at radius 3 is 2.32 bits per heavy atom. The summed E-state index contributed by atoms with van der Waals surface area (Å²) in [4.78, 5) is 7.75. The van der Waals surface area contributed by atoms with Gasteiger partial charge in [-0.2, -0.15) is 0 Å². The lowest BCUT2D eigenvalue weighted by molar-refractivity contribution is 0.219. The van der Waals surface area contributed by atoms with Gasteiger partial charge in [-0.3, -0.25) is 0 Å². The predicted octanol–water partition coefficient (Wildman–Crippen LogP) is 4.00. The Morgan fingerprint density at radius 2 is 1.64 bits per heavy atom. The molecule has 1 aromatic heterocycles. The van der Waals surface area contributed by atoms with Crippen LogP contribution in [0.15, 0.2) is 67.1 Å². The number of aliphatic hydroxyl groups is 1. The van der Waals surface area contributed by atoms with Crippen molar-refractivity contribution in [2.45, 2.75) is 6.10 Å². The van der Waals surface area contributed by atoms with E-state index in [2.05, 4.69) is 9.97 Å². The number of ether oxygens (including phenoxy) is 1. The number of nitrogens with zero attached hydrogens (tertiary/aromatic N) is 2. The summed E-state index contributed by atoms with van der Waals surface area (Å²) >= 11 is 5.97. The van der Waals surface area contributed by atoms with Gasteiger partial charge in [-0.1, -0.05) is 41.9 Å². The van der Waals surface area contributed by atoms with Crippen LogP contribution in [-0.4, -0.2) is 15.1 Å². The Balaban J connectivity index is 1.78. The van der Waals surface area contributed by atoms with E-state index in [1.807, 2.05) is 30.3 Å². The SMILES string of the molecule is OC(c1ccc(Oc2ccccc2)cc1)c1cncnc1Cl. The summed E-state index contributed by atoms with van der Waals surface area (Å²) in [6.07, 6.45) is 1.98. The van der Waals surface area contributed by atoms with E-state index in [9.17, 15) is 5.11 Å². The van der Waals surface area contributed by atoms with Crippen LogP contribution in [0.25, 0.3) is 0 Å². The molecule has 3 aromatic rings. The molecule has 0 amide bonds. The van der Waals surface area contributed by atoms with Crippen molar-refractivity contribution in [2.75, 3.05) is 0 Å². The monoisotopic (exact) mass is 312 g/mol. The van der Waals surface area contributed by atoms with Gasteiger partial charge >= 0.3 is 0 Å². The lowest BCUT2D eigenvalue weighted by atomic mass is 10.0. The first-order valence-corrected chi connectivity index (χ1v) is 7.08. The normalized spacial score (nSPS) is 11.9. The van der Waals surface area contributed by atoms with E-state index in [0.717, 1.165) is 5.75 Å². The topological polar surface area (TPSA) is 55.2 Å². The molecular weight excluding hydrogens is 300 g/mol. The highest BCUT2D eigenvalue weighted by Crippen LogP contribution is 2.28. The zero-order valence-electron chi connectivity index (χ0n) is 11.6. The third kappa shape index (κ3) is 3.24. The third-order valence-corrected chi connectivity index (χ3v) is 3.47. The molecule has 2 aromatic carbocycles. The highest BCUT2D eigenvalue weighted by molar-refractivity contribution is 6.30. The summed E-state index contributed by atoms with van der Waals surface area (Å²) in [5.41, 5.74) is 1.16. The Morgan fingerprint density at radius 1 is 0.955 bits per heavy atom. The zero-order valence-corrected chi connectivity index (χ0v) is 12.3. The van der Waals surface area contributed by atoms with Gasteiger partial charge in [-0.05, 0) is 29.8 Å². The van der Waals surface area contributed by atoms with Crippen LogP contribution >= 0.6 is 11.6 Å². The summed E-state index contributed by atoms with van der Waals surface area (Å²) in [6, 6.07) is 16.7. The van der Waals surface area contributed by atoms with Crippen LogP contribution in [0.2, 0.25) is 5.15 Å². The molecule has 1 heterocycles. The van der Waals surface area contributed by atoms with Gasteiger partial charge in [-0.15, -0.1) is 0 Å². The summed E-state index contributed by atoms with van der Waals surface area (Å²) in [5.74, 6) is 1.45. The Bertz CT molecular complexity index is 748. The van der Waals surface area contributed by atoms with Gasteiger partial charge in [-0.25, -0.2) is 9.97 Å². The van der Waals surface area contributed by atoms with E-state index in [4.69, 9.17) is 16.3 Å². The van der Waals surface area contributed by atoms with Crippen LogP contribution < -0.4 is 4.74 Å². The van der Waals surface area contributed by atoms with Crippen LogP contribution in [0.5, 0.6) is 11.5 Å². The number of aromatic nitrogens is 2. The molecule has 0 aliphatic heterocycles. The quantitative estimate of drug-likeness (QED) is 0.740. The second-order valence-corrected chi connectivity index (χ2v) is 5.01. The molecule has 110 valence electrons. The summed E-state index contributed by atoms with van der Waals surface area (Å²) < 4.78 is 5.71. The van der Waals surface area contributed by atoms with Crippen LogP contribution in [0.3, 0.4) is 0 Å². The van der Waals surface area contributed by atoms with Crippen LogP contribution in [-0.2, 0) is 0 Å². The first-order valence-electron chi connectivity index (χ1n) is 6.70. The number of hydrogen-bond acceptors (Lipinski definition) is 4. The van der Waals surface area contributed by atoms with E-state index < -0.39 is 6.10 Å². The van der Waals surface area contributed by atoms with Crippen molar-refractivity contribution < 1.29 is 9.84 Å². The van der Waals surface area contributed by atoms with E-state index in [1.54, 1.807) is 24.3 Å². The molecule has 0 aliphatic rings. The average molecular weight is 313 g/mol. The van der Waals surface area contributed by atoms with Crippen molar-refractivity contribution in [3.8, 4) is 11.5 Å². The van der Waals surface area contributed by atoms with Gasteiger partial charge in [0.15, 0.2) is 0 Å². The van der Waals surface area contributed by atoms with E-state index in [-0.39, 0.29) is 5.15 Å². The fourth-order valence-corrected chi connectivity index (χ4v) is 2.23. The minimum atomic E-state index is -0.875. The molecule has 0 saturated carbocycles. The molecule has 0 bridgehead atoms. The number of rotatable bonds is 4. The third-order valence-electron chi connectivity index (χ3n) is 3.16. The minimum absolute atomic E-state index is 0.243. The standard InChI is InChI=1S/C17H13ClN2O2/c18-17-15(10-19-11-20-17)16(21)12-6-8-14(9-7-12)22-13-4-2-1-3-5-13/h1-11,16,21H. The lowest BCUT2D eigenvalue weighted by Gasteiger charge is -2.12. The summed E-state index contributed by atoms with van der Waals surface area (Å²) in [5, 5.41) is 10.6. The molecule has 3 rings (SSSR count). The Hall–Kier alpha value is -2.43. The van der Waals surface area contributed by atoms with Crippen molar-refractivity contribution >= 4 is 11.6 Å². The van der Waals surface area contributed by atoms with Crippen LogP contribution in [0, 0.1) is 0 Å². The first-order chi connectivity index (χ1) is 10.7. The van der Waals surface area contributed by atoms with E-state index in [1.165, 1.54) is 12.5 Å². The minimum Gasteiger partial charge on any atom is -0.457 e. The number of halogens is 1. The fraction of sp³-hybridized carbons (Fsp3) is 0.0588. The maximum absolute atomic E-state index is 10.3. The smallest absolute Gasteiger partial charge is 0.138 e. The molecule has 0 radical (unpaired) electrons. The maximum atomic E-state index is 10.3. The molecule has 1 atom stereocenters. The highest BCUT2D eigenvalue weighted by atomic mass is 35.5. The van der Waals surface area contributed by atoms with Gasteiger partial charge in [0.25, 0.3) is 0 Å². The summed E-state index contributed by atoms with van der Waals surface area (Å²) in [6.45, 7) is 0. The number of hydrogen-bond donors (Lipinski definition) is 1. The molecule has 22 heavy (non-hydrogen) atoms. The predicted molar refractivity (Wildman–Crippen MR) is 84.1 cm³/mol. The molecule has 0 saturated heterocycles.